The van der Waals surface area contributed by atoms with Crippen LogP contribution in [0.5, 0.6) is 0 Å². The summed E-state index contributed by atoms with van der Waals surface area (Å²) >= 11 is 7.13. The maximum absolute atomic E-state index is 13.4. The molecule has 1 fully saturated rings. The number of halogens is 2. The summed E-state index contributed by atoms with van der Waals surface area (Å²) in [6.45, 7) is 0.160. The molecule has 4 nitrogen and oxygen atoms in total. The van der Waals surface area contributed by atoms with Crippen molar-refractivity contribution >= 4 is 38.7 Å². The predicted molar refractivity (Wildman–Crippen MR) is 88.2 cm³/mol. The predicted octanol–water partition coefficient (Wildman–Crippen LogP) is 3.15. The molecule has 2 aromatic rings. The fourth-order valence-corrected chi connectivity index (χ4v) is 5.70. The van der Waals surface area contributed by atoms with E-state index >= 15 is 0 Å². The molecule has 0 bridgehead atoms. The lowest BCUT2D eigenvalue weighted by molar-refractivity contribution is 0.0758. The summed E-state index contributed by atoms with van der Waals surface area (Å²) in [5, 5.41) is 1.20. The molecule has 1 aliphatic rings. The van der Waals surface area contributed by atoms with Crippen molar-refractivity contribution in [3.8, 4) is 0 Å². The van der Waals surface area contributed by atoms with Gasteiger partial charge in [0.2, 0.25) is 0 Å². The fourth-order valence-electron chi connectivity index (χ4n) is 2.57. The smallest absolute Gasteiger partial charge is 0.254 e. The number of amides is 1. The van der Waals surface area contributed by atoms with Crippen LogP contribution in [0.1, 0.15) is 20.5 Å². The number of nitrogens with zero attached hydrogens (tertiary/aromatic N) is 1. The SMILES string of the molecule is O=C(c1cc(F)cc(Cl)c1)N1CCS(=O)(=O)C(c2cccs2)C1. The number of hydrogen-bond acceptors (Lipinski definition) is 4. The molecular formula is C15H13ClFNO3S2. The van der Waals surface area contributed by atoms with Gasteiger partial charge >= 0.3 is 0 Å². The fraction of sp³-hybridized carbons (Fsp3) is 0.267. The first-order valence-electron chi connectivity index (χ1n) is 6.87. The van der Waals surface area contributed by atoms with Gasteiger partial charge < -0.3 is 4.90 Å². The molecule has 0 spiro atoms. The number of carbonyl (C=O) groups excluding carboxylic acids is 1. The molecular weight excluding hydrogens is 361 g/mol. The Morgan fingerprint density at radius 1 is 1.35 bits per heavy atom. The second-order valence-corrected chi connectivity index (χ2v) is 9.00. The third kappa shape index (κ3) is 3.41. The zero-order valence-corrected chi connectivity index (χ0v) is 14.3. The van der Waals surface area contributed by atoms with Gasteiger partial charge in [-0.25, -0.2) is 12.8 Å². The molecule has 1 aliphatic heterocycles. The van der Waals surface area contributed by atoms with Gasteiger partial charge in [-0.1, -0.05) is 17.7 Å². The Kier molecular flexibility index (Phi) is 4.44. The Morgan fingerprint density at radius 2 is 2.13 bits per heavy atom. The van der Waals surface area contributed by atoms with E-state index in [1.165, 1.54) is 22.3 Å². The zero-order chi connectivity index (χ0) is 16.6. The molecule has 1 aromatic carbocycles. The quantitative estimate of drug-likeness (QED) is 0.812. The maximum atomic E-state index is 13.4. The summed E-state index contributed by atoms with van der Waals surface area (Å²) < 4.78 is 38.0. The highest BCUT2D eigenvalue weighted by molar-refractivity contribution is 7.91. The largest absolute Gasteiger partial charge is 0.336 e. The number of hydrogen-bond donors (Lipinski definition) is 0. The van der Waals surface area contributed by atoms with Gasteiger partial charge in [-0.3, -0.25) is 4.79 Å². The van der Waals surface area contributed by atoms with Crippen molar-refractivity contribution < 1.29 is 17.6 Å². The molecule has 1 amide bonds. The summed E-state index contributed by atoms with van der Waals surface area (Å²) in [5.74, 6) is -1.12. The van der Waals surface area contributed by atoms with Crippen LogP contribution in [0.15, 0.2) is 35.7 Å². The van der Waals surface area contributed by atoms with Crippen LogP contribution in [-0.4, -0.2) is 38.1 Å². The number of sulfone groups is 1. The molecule has 1 unspecified atom stereocenters. The average Bonchev–Trinajstić information content (AvgIpc) is 2.99. The van der Waals surface area contributed by atoms with E-state index in [1.54, 1.807) is 17.5 Å². The minimum Gasteiger partial charge on any atom is -0.336 e. The van der Waals surface area contributed by atoms with Crippen molar-refractivity contribution in [2.75, 3.05) is 18.8 Å². The van der Waals surface area contributed by atoms with Crippen LogP contribution in [0, 0.1) is 5.82 Å². The van der Waals surface area contributed by atoms with E-state index in [0.717, 1.165) is 12.1 Å². The number of carbonyl (C=O) groups is 1. The molecule has 1 aromatic heterocycles. The van der Waals surface area contributed by atoms with Crippen molar-refractivity contribution in [3.05, 3.63) is 57.0 Å². The normalized spacial score (nSPS) is 20.4. The van der Waals surface area contributed by atoms with Crippen LogP contribution >= 0.6 is 22.9 Å². The summed E-state index contributed by atoms with van der Waals surface area (Å²) in [7, 11) is -3.30. The monoisotopic (exact) mass is 373 g/mol. The minimum atomic E-state index is -3.30. The topological polar surface area (TPSA) is 54.5 Å². The molecule has 0 N–H and O–H groups in total. The Morgan fingerprint density at radius 3 is 2.78 bits per heavy atom. The molecule has 23 heavy (non-hydrogen) atoms. The average molecular weight is 374 g/mol. The zero-order valence-electron chi connectivity index (χ0n) is 11.9. The number of rotatable bonds is 2. The second kappa shape index (κ2) is 6.22. The molecule has 3 rings (SSSR count). The van der Waals surface area contributed by atoms with E-state index in [-0.39, 0.29) is 29.4 Å². The summed E-state index contributed by atoms with van der Waals surface area (Å²) in [5.41, 5.74) is 0.124. The highest BCUT2D eigenvalue weighted by Crippen LogP contribution is 2.31. The van der Waals surface area contributed by atoms with Gasteiger partial charge in [-0.2, -0.15) is 0 Å². The first-order valence-corrected chi connectivity index (χ1v) is 9.84. The van der Waals surface area contributed by atoms with Gasteiger partial charge in [0.15, 0.2) is 9.84 Å². The van der Waals surface area contributed by atoms with Crippen molar-refractivity contribution in [1.29, 1.82) is 0 Å². The van der Waals surface area contributed by atoms with Gasteiger partial charge in [-0.15, -0.1) is 11.3 Å². The molecule has 122 valence electrons. The molecule has 0 radical (unpaired) electrons. The van der Waals surface area contributed by atoms with E-state index in [0.29, 0.717) is 4.88 Å². The van der Waals surface area contributed by atoms with Crippen LogP contribution in [0.2, 0.25) is 5.02 Å². The molecule has 0 aliphatic carbocycles. The Labute approximate surface area is 142 Å². The summed E-state index contributed by atoms with van der Waals surface area (Å²) in [4.78, 5) is 14.7. The maximum Gasteiger partial charge on any atom is 0.254 e. The van der Waals surface area contributed by atoms with E-state index in [1.807, 2.05) is 0 Å². The van der Waals surface area contributed by atoms with Gasteiger partial charge in [0.25, 0.3) is 5.91 Å². The molecule has 2 heterocycles. The van der Waals surface area contributed by atoms with Gasteiger partial charge in [0.05, 0.1) is 5.75 Å². The van der Waals surface area contributed by atoms with Crippen LogP contribution < -0.4 is 0 Å². The highest BCUT2D eigenvalue weighted by atomic mass is 35.5. The van der Waals surface area contributed by atoms with Crippen molar-refractivity contribution in [2.24, 2.45) is 0 Å². The van der Waals surface area contributed by atoms with Gasteiger partial charge in [0, 0.05) is 28.6 Å². The third-order valence-electron chi connectivity index (χ3n) is 3.72. The van der Waals surface area contributed by atoms with E-state index < -0.39 is 26.8 Å². The van der Waals surface area contributed by atoms with Crippen LogP contribution in [0.4, 0.5) is 4.39 Å². The first kappa shape index (κ1) is 16.4. The Bertz CT molecular complexity index is 816. The molecule has 8 heteroatoms. The highest BCUT2D eigenvalue weighted by Gasteiger charge is 2.36. The van der Waals surface area contributed by atoms with Gasteiger partial charge in [0.1, 0.15) is 11.1 Å². The Hall–Kier alpha value is -1.44. The van der Waals surface area contributed by atoms with Crippen molar-refractivity contribution in [2.45, 2.75) is 5.25 Å². The molecule has 0 saturated carbocycles. The summed E-state index contributed by atoms with van der Waals surface area (Å²) in [6.07, 6.45) is 0. The standard InChI is InChI=1S/C15H13ClFNO3S2/c16-11-6-10(7-12(17)8-11)15(19)18-3-5-23(20,21)14(9-18)13-2-1-4-22-13/h1-2,4,6-8,14H,3,5,9H2. The van der Waals surface area contributed by atoms with Crippen molar-refractivity contribution in [1.82, 2.24) is 4.90 Å². The van der Waals surface area contributed by atoms with E-state index in [2.05, 4.69) is 0 Å². The molecule has 1 saturated heterocycles. The number of benzene rings is 1. The van der Waals surface area contributed by atoms with Crippen molar-refractivity contribution in [3.63, 3.8) is 0 Å². The lowest BCUT2D eigenvalue weighted by Gasteiger charge is -2.32. The van der Waals surface area contributed by atoms with E-state index in [4.69, 9.17) is 11.6 Å². The van der Waals surface area contributed by atoms with Crippen LogP contribution in [0.3, 0.4) is 0 Å². The first-order chi connectivity index (χ1) is 10.9. The number of thiophene rings is 1. The van der Waals surface area contributed by atoms with E-state index in [9.17, 15) is 17.6 Å². The second-order valence-electron chi connectivity index (χ2n) is 5.28. The third-order valence-corrected chi connectivity index (χ3v) is 7.10. The summed E-state index contributed by atoms with van der Waals surface area (Å²) in [6, 6.07) is 7.14. The lowest BCUT2D eigenvalue weighted by Crippen LogP contribution is -2.45. The Balaban J connectivity index is 1.88. The van der Waals surface area contributed by atoms with Crippen LogP contribution in [-0.2, 0) is 9.84 Å². The minimum absolute atomic E-state index is 0.0653. The molecule has 1 atom stereocenters. The van der Waals surface area contributed by atoms with Gasteiger partial charge in [-0.05, 0) is 29.6 Å². The lowest BCUT2D eigenvalue weighted by atomic mass is 10.2. The van der Waals surface area contributed by atoms with Crippen LogP contribution in [0.25, 0.3) is 0 Å².